The van der Waals surface area contributed by atoms with Gasteiger partial charge in [-0.15, -0.1) is 0 Å². The number of benzene rings is 7. The van der Waals surface area contributed by atoms with E-state index in [2.05, 4.69) is 149 Å². The lowest BCUT2D eigenvalue weighted by Gasteiger charge is -2.36. The summed E-state index contributed by atoms with van der Waals surface area (Å²) in [7, 11) is -2.96. The zero-order valence-corrected chi connectivity index (χ0v) is 27.1. The van der Waals surface area contributed by atoms with Crippen molar-refractivity contribution >= 4 is 56.3 Å². The fourth-order valence-corrected chi connectivity index (χ4v) is 12.4. The Balaban J connectivity index is 1.51. The molecule has 48 heavy (non-hydrogen) atoms. The molecule has 1 aromatic heterocycles. The van der Waals surface area contributed by atoms with Crippen LogP contribution >= 0.6 is 0 Å². The molecule has 8 rings (SSSR count). The molecule has 0 spiro atoms. The van der Waals surface area contributed by atoms with Crippen molar-refractivity contribution in [3.8, 4) is 22.9 Å². The Morgan fingerprint density at radius 3 is 1.48 bits per heavy atom. The van der Waals surface area contributed by atoms with Crippen molar-refractivity contribution in [2.24, 2.45) is 0 Å². The van der Waals surface area contributed by atoms with Crippen LogP contribution in [0, 0.1) is 17.9 Å². The first-order valence-electron chi connectivity index (χ1n) is 16.0. The molecule has 4 heteroatoms. The van der Waals surface area contributed by atoms with E-state index in [1.165, 1.54) is 20.7 Å². The van der Waals surface area contributed by atoms with Crippen molar-refractivity contribution < 1.29 is 0 Å². The number of nitrogens with zero attached hydrogens (tertiary/aromatic N) is 3. The summed E-state index contributed by atoms with van der Waals surface area (Å²) in [5.74, 6) is 0. The minimum absolute atomic E-state index is 0.488. The molecule has 0 aliphatic rings. The van der Waals surface area contributed by atoms with Gasteiger partial charge < -0.3 is 4.57 Å². The molecule has 224 valence electrons. The molecule has 0 saturated heterocycles. The molecular weight excluding hydrogens is 599 g/mol. The van der Waals surface area contributed by atoms with Crippen molar-refractivity contribution in [2.75, 3.05) is 0 Å². The topological polar surface area (TPSA) is 33.1 Å². The van der Waals surface area contributed by atoms with Crippen LogP contribution in [0.25, 0.3) is 43.5 Å². The maximum Gasteiger partial charge on any atom is 0.190 e. The Kier molecular flexibility index (Phi) is 7.27. The fraction of sp³-hybridized carbons (Fsp3) is 0. The van der Waals surface area contributed by atoms with Gasteiger partial charge in [0.15, 0.2) is 13.8 Å². The zero-order valence-electron chi connectivity index (χ0n) is 26.1. The van der Waals surface area contributed by atoms with Gasteiger partial charge in [0.1, 0.15) is 6.07 Å². The largest absolute Gasteiger partial charge is 0.309 e. The van der Waals surface area contributed by atoms with E-state index in [9.17, 15) is 5.26 Å². The smallest absolute Gasteiger partial charge is 0.190 e. The Morgan fingerprint density at radius 1 is 0.521 bits per heavy atom. The van der Waals surface area contributed by atoms with E-state index in [4.69, 9.17) is 6.57 Å². The van der Waals surface area contributed by atoms with E-state index in [1.807, 2.05) is 42.5 Å². The molecule has 0 aliphatic carbocycles. The SMILES string of the molecule is [C-]#[N+]c1cc(-c2ccccc2[Si](c2ccccc2)(c2ccccc2)c2ccccc2)c(C#N)c(-n2c3ccccc3c3ccccc32)c1. The summed E-state index contributed by atoms with van der Waals surface area (Å²) in [6.07, 6.45) is 0. The minimum Gasteiger partial charge on any atom is -0.309 e. The molecule has 0 fully saturated rings. The molecule has 0 aliphatic heterocycles. The lowest BCUT2D eigenvalue weighted by Crippen LogP contribution is -2.75. The highest BCUT2D eigenvalue weighted by atomic mass is 28.3. The summed E-state index contributed by atoms with van der Waals surface area (Å²) in [6.45, 7) is 8.20. The van der Waals surface area contributed by atoms with Crippen LogP contribution < -0.4 is 20.7 Å². The van der Waals surface area contributed by atoms with Gasteiger partial charge in [-0.25, -0.2) is 4.85 Å². The summed E-state index contributed by atoms with van der Waals surface area (Å²) in [6, 6.07) is 63.8. The van der Waals surface area contributed by atoms with Crippen LogP contribution in [0.4, 0.5) is 5.69 Å². The molecule has 0 atom stereocenters. The second-order valence-corrected chi connectivity index (χ2v) is 15.6. The van der Waals surface area contributed by atoms with Gasteiger partial charge in [-0.3, -0.25) is 0 Å². The lowest BCUT2D eigenvalue weighted by atomic mass is 9.97. The summed E-state index contributed by atoms with van der Waals surface area (Å²) in [5.41, 5.74) is 5.46. The number of hydrogen-bond acceptors (Lipinski definition) is 1. The van der Waals surface area contributed by atoms with Crippen LogP contribution in [0.1, 0.15) is 5.56 Å². The van der Waals surface area contributed by atoms with Crippen LogP contribution in [0.5, 0.6) is 0 Å². The maximum atomic E-state index is 11.1. The zero-order chi connectivity index (χ0) is 32.5. The number of para-hydroxylation sites is 2. The number of aromatic nitrogens is 1. The third-order valence-electron chi connectivity index (χ3n) is 9.41. The van der Waals surface area contributed by atoms with E-state index < -0.39 is 8.07 Å². The van der Waals surface area contributed by atoms with Crippen LogP contribution in [0.2, 0.25) is 0 Å². The third-order valence-corrected chi connectivity index (χ3v) is 14.2. The average Bonchev–Trinajstić information content (AvgIpc) is 3.50. The molecule has 1 heterocycles. The molecular formula is C44H29N3Si. The maximum absolute atomic E-state index is 11.1. The average molecular weight is 628 g/mol. The predicted molar refractivity (Wildman–Crippen MR) is 201 cm³/mol. The van der Waals surface area contributed by atoms with E-state index in [0.29, 0.717) is 16.9 Å². The van der Waals surface area contributed by atoms with Crippen molar-refractivity contribution in [3.05, 3.63) is 193 Å². The molecule has 0 amide bonds. The van der Waals surface area contributed by atoms with Gasteiger partial charge in [-0.2, -0.15) is 5.26 Å². The molecule has 3 nitrogen and oxygen atoms in total. The Labute approximate surface area is 281 Å². The number of hydrogen-bond donors (Lipinski definition) is 0. The first-order valence-corrected chi connectivity index (χ1v) is 18.0. The summed E-state index contributed by atoms with van der Waals surface area (Å²) >= 11 is 0. The van der Waals surface area contributed by atoms with Gasteiger partial charge in [0.25, 0.3) is 0 Å². The van der Waals surface area contributed by atoms with Gasteiger partial charge in [0.2, 0.25) is 0 Å². The molecule has 0 saturated carbocycles. The molecule has 7 aromatic carbocycles. The van der Waals surface area contributed by atoms with E-state index in [1.54, 1.807) is 0 Å². The minimum atomic E-state index is -2.96. The highest BCUT2D eigenvalue weighted by Gasteiger charge is 2.43. The monoisotopic (exact) mass is 627 g/mol. The second kappa shape index (κ2) is 12.0. The lowest BCUT2D eigenvalue weighted by molar-refractivity contribution is 1.17. The fourth-order valence-electron chi connectivity index (χ4n) is 7.44. The van der Waals surface area contributed by atoms with Crippen LogP contribution in [0.15, 0.2) is 176 Å². The summed E-state index contributed by atoms with van der Waals surface area (Å²) in [5, 5.41) is 18.2. The Hall–Kier alpha value is -6.46. The normalized spacial score (nSPS) is 11.3. The first-order chi connectivity index (χ1) is 23.8. The van der Waals surface area contributed by atoms with Crippen molar-refractivity contribution in [1.29, 1.82) is 5.26 Å². The second-order valence-electron chi connectivity index (χ2n) is 11.9. The molecule has 0 unspecified atom stereocenters. The standard InChI is InChI=1S/C44H29N3Si/c1-46-32-29-39(40(31-45)43(30-32)47-41-26-14-11-23-36(41)37-24-12-15-27-42(37)47)38-25-13-16-28-44(38)48(33-17-5-2-6-18-33,34-19-7-3-8-20-34)35-21-9-4-10-22-35/h2-30H. The number of fused-ring (bicyclic) bond motifs is 3. The summed E-state index contributed by atoms with van der Waals surface area (Å²) < 4.78 is 2.15. The highest BCUT2D eigenvalue weighted by Crippen LogP contribution is 2.38. The van der Waals surface area contributed by atoms with Crippen LogP contribution in [-0.4, -0.2) is 12.6 Å². The van der Waals surface area contributed by atoms with Gasteiger partial charge >= 0.3 is 0 Å². The van der Waals surface area contributed by atoms with Gasteiger partial charge in [0, 0.05) is 10.8 Å². The number of nitriles is 1. The quantitative estimate of drug-likeness (QED) is 0.104. The van der Waals surface area contributed by atoms with Gasteiger partial charge in [-0.1, -0.05) is 152 Å². The summed E-state index contributed by atoms with van der Waals surface area (Å²) in [4.78, 5) is 3.97. The van der Waals surface area contributed by atoms with Gasteiger partial charge in [-0.05, 0) is 56.1 Å². The van der Waals surface area contributed by atoms with E-state index in [-0.39, 0.29) is 0 Å². The molecule has 0 bridgehead atoms. The van der Waals surface area contributed by atoms with Crippen LogP contribution in [-0.2, 0) is 0 Å². The van der Waals surface area contributed by atoms with Gasteiger partial charge in [0.05, 0.1) is 28.9 Å². The third kappa shape index (κ3) is 4.48. The van der Waals surface area contributed by atoms with E-state index in [0.717, 1.165) is 32.9 Å². The number of rotatable bonds is 6. The molecule has 8 aromatic rings. The van der Waals surface area contributed by atoms with Crippen molar-refractivity contribution in [2.45, 2.75) is 0 Å². The highest BCUT2D eigenvalue weighted by molar-refractivity contribution is 7.20. The Morgan fingerprint density at radius 2 is 0.979 bits per heavy atom. The van der Waals surface area contributed by atoms with Crippen molar-refractivity contribution in [1.82, 2.24) is 4.57 Å². The first kappa shape index (κ1) is 29.0. The predicted octanol–water partition coefficient (Wildman–Crippen LogP) is 8.25. The molecule has 0 radical (unpaired) electrons. The van der Waals surface area contributed by atoms with E-state index >= 15 is 0 Å². The Bertz CT molecular complexity index is 2370. The molecule has 0 N–H and O–H groups in total. The van der Waals surface area contributed by atoms with Crippen LogP contribution in [0.3, 0.4) is 0 Å². The van der Waals surface area contributed by atoms with Crippen molar-refractivity contribution in [3.63, 3.8) is 0 Å².